The van der Waals surface area contributed by atoms with Crippen molar-refractivity contribution in [2.45, 2.75) is 24.8 Å². The fraction of sp³-hybridized carbons (Fsp3) is 0.400. The van der Waals surface area contributed by atoms with Crippen molar-refractivity contribution in [3.05, 3.63) is 35.9 Å². The smallest absolute Gasteiger partial charge is 0.390 e. The van der Waals surface area contributed by atoms with Crippen LogP contribution in [0.1, 0.15) is 12.5 Å². The predicted molar refractivity (Wildman–Crippen MR) is 48.1 cm³/mol. The molecule has 1 rings (SSSR count). The minimum atomic E-state index is -4.91. The van der Waals surface area contributed by atoms with Crippen molar-refractivity contribution in [2.75, 3.05) is 0 Å². The molecule has 0 bridgehead atoms. The van der Waals surface area contributed by atoms with Gasteiger partial charge in [0.15, 0.2) is 0 Å². The molecule has 0 unspecified atom stereocenters. The molecule has 2 nitrogen and oxygen atoms in total. The van der Waals surface area contributed by atoms with Gasteiger partial charge in [0.2, 0.25) is 5.60 Å². The molecule has 0 heterocycles. The zero-order chi connectivity index (χ0) is 11.7. The monoisotopic (exact) mass is 220 g/mol. The average Bonchev–Trinajstić information content (AvgIpc) is 2.16. The third-order valence-corrected chi connectivity index (χ3v) is 2.25. The predicted octanol–water partition coefficient (Wildman–Crippen LogP) is 1.82. The van der Waals surface area contributed by atoms with Crippen molar-refractivity contribution >= 4 is 0 Å². The number of alkyl halides is 3. The van der Waals surface area contributed by atoms with Gasteiger partial charge in [-0.05, 0) is 12.5 Å². The Labute approximate surface area is 85.0 Å². The number of halogens is 3. The van der Waals surface area contributed by atoms with Crippen LogP contribution >= 0.6 is 0 Å². The van der Waals surface area contributed by atoms with Crippen molar-refractivity contribution in [3.8, 4) is 0 Å². The van der Waals surface area contributed by atoms with Crippen LogP contribution in [0, 0.1) is 0 Å². The SMILES string of the molecule is C[C@H](O)[C@](O)(c1ccccc1)C(F)(F)F. The van der Waals surface area contributed by atoms with Crippen LogP contribution in [-0.2, 0) is 5.60 Å². The van der Waals surface area contributed by atoms with E-state index in [0.29, 0.717) is 0 Å². The molecule has 0 aliphatic rings. The minimum absolute atomic E-state index is 0.368. The highest BCUT2D eigenvalue weighted by molar-refractivity contribution is 5.25. The lowest BCUT2D eigenvalue weighted by atomic mass is 9.88. The van der Waals surface area contributed by atoms with Crippen LogP contribution in [0.3, 0.4) is 0 Å². The topological polar surface area (TPSA) is 40.5 Å². The molecule has 0 spiro atoms. The van der Waals surface area contributed by atoms with Crippen LogP contribution in [0.15, 0.2) is 30.3 Å². The maximum Gasteiger partial charge on any atom is 0.424 e. The maximum absolute atomic E-state index is 12.6. The van der Waals surface area contributed by atoms with E-state index in [0.717, 1.165) is 19.1 Å². The Morgan fingerprint density at radius 1 is 1.13 bits per heavy atom. The second kappa shape index (κ2) is 3.83. The van der Waals surface area contributed by atoms with Gasteiger partial charge in [0.05, 0.1) is 6.10 Å². The van der Waals surface area contributed by atoms with Gasteiger partial charge in [0.1, 0.15) is 0 Å². The molecular weight excluding hydrogens is 209 g/mol. The quantitative estimate of drug-likeness (QED) is 0.798. The fourth-order valence-electron chi connectivity index (χ4n) is 1.33. The van der Waals surface area contributed by atoms with E-state index in [4.69, 9.17) is 5.11 Å². The summed E-state index contributed by atoms with van der Waals surface area (Å²) in [5.74, 6) is 0. The van der Waals surface area contributed by atoms with Crippen molar-refractivity contribution in [1.82, 2.24) is 0 Å². The van der Waals surface area contributed by atoms with Crippen LogP contribution in [0.5, 0.6) is 0 Å². The Bertz CT molecular complexity index is 321. The lowest BCUT2D eigenvalue weighted by Gasteiger charge is -2.33. The molecule has 0 fully saturated rings. The summed E-state index contributed by atoms with van der Waals surface area (Å²) in [5, 5.41) is 18.6. The summed E-state index contributed by atoms with van der Waals surface area (Å²) in [6, 6.07) is 6.52. The van der Waals surface area contributed by atoms with Crippen molar-refractivity contribution in [3.63, 3.8) is 0 Å². The first-order valence-corrected chi connectivity index (χ1v) is 4.33. The van der Waals surface area contributed by atoms with Gasteiger partial charge in [-0.3, -0.25) is 0 Å². The van der Waals surface area contributed by atoms with Gasteiger partial charge in [0.25, 0.3) is 0 Å². The summed E-state index contributed by atoms with van der Waals surface area (Å²) in [5.41, 5.74) is -3.58. The number of benzene rings is 1. The number of hydrogen-bond donors (Lipinski definition) is 2. The Kier molecular flexibility index (Phi) is 3.06. The Hall–Kier alpha value is -1.07. The van der Waals surface area contributed by atoms with Gasteiger partial charge in [-0.25, -0.2) is 0 Å². The van der Waals surface area contributed by atoms with E-state index in [-0.39, 0.29) is 5.56 Å². The van der Waals surface area contributed by atoms with Crippen LogP contribution in [0.4, 0.5) is 13.2 Å². The Morgan fingerprint density at radius 2 is 1.60 bits per heavy atom. The molecule has 1 aromatic rings. The molecule has 2 atom stereocenters. The summed E-state index contributed by atoms with van der Waals surface area (Å²) in [4.78, 5) is 0. The third-order valence-electron chi connectivity index (χ3n) is 2.25. The molecule has 0 aliphatic heterocycles. The van der Waals surface area contributed by atoms with E-state index in [9.17, 15) is 18.3 Å². The van der Waals surface area contributed by atoms with Crippen molar-refractivity contribution in [1.29, 1.82) is 0 Å². The standard InChI is InChI=1S/C10H11F3O2/c1-7(14)9(15,10(11,12)13)8-5-3-2-4-6-8/h2-7,14-15H,1H3/t7-,9-/m0/s1. The highest BCUT2D eigenvalue weighted by Crippen LogP contribution is 2.41. The first kappa shape index (κ1) is 12.0. The second-order valence-electron chi connectivity index (χ2n) is 3.31. The van der Waals surface area contributed by atoms with Crippen LogP contribution in [0.2, 0.25) is 0 Å². The zero-order valence-electron chi connectivity index (χ0n) is 7.99. The highest BCUT2D eigenvalue weighted by Gasteiger charge is 2.58. The van der Waals surface area contributed by atoms with Gasteiger partial charge in [0, 0.05) is 0 Å². The fourth-order valence-corrected chi connectivity index (χ4v) is 1.33. The number of aliphatic hydroxyl groups excluding tert-OH is 1. The van der Waals surface area contributed by atoms with E-state index in [1.807, 2.05) is 0 Å². The van der Waals surface area contributed by atoms with Gasteiger partial charge in [-0.15, -0.1) is 0 Å². The molecule has 0 saturated carbocycles. The summed E-state index contributed by atoms with van der Waals surface area (Å²) in [6.45, 7) is 0.903. The van der Waals surface area contributed by atoms with E-state index in [1.54, 1.807) is 0 Å². The summed E-state index contributed by atoms with van der Waals surface area (Å²) < 4.78 is 37.9. The molecule has 0 amide bonds. The van der Waals surface area contributed by atoms with Crippen LogP contribution in [-0.4, -0.2) is 22.5 Å². The normalized spacial score (nSPS) is 18.3. The molecule has 0 saturated heterocycles. The molecule has 84 valence electrons. The second-order valence-corrected chi connectivity index (χ2v) is 3.31. The van der Waals surface area contributed by atoms with Gasteiger partial charge in [-0.2, -0.15) is 13.2 Å². The van der Waals surface area contributed by atoms with E-state index >= 15 is 0 Å². The number of aliphatic hydroxyl groups is 2. The average molecular weight is 220 g/mol. The molecule has 0 radical (unpaired) electrons. The molecule has 0 aliphatic carbocycles. The lowest BCUT2D eigenvalue weighted by Crippen LogP contribution is -2.50. The maximum atomic E-state index is 12.6. The van der Waals surface area contributed by atoms with Gasteiger partial charge < -0.3 is 10.2 Å². The van der Waals surface area contributed by atoms with Gasteiger partial charge in [-0.1, -0.05) is 30.3 Å². The Morgan fingerprint density at radius 3 is 1.93 bits per heavy atom. The molecule has 5 heteroatoms. The minimum Gasteiger partial charge on any atom is -0.390 e. The summed E-state index contributed by atoms with van der Waals surface area (Å²) in [6.07, 6.45) is -6.84. The molecule has 0 aromatic heterocycles. The van der Waals surface area contributed by atoms with Gasteiger partial charge >= 0.3 is 6.18 Å². The molecule has 15 heavy (non-hydrogen) atoms. The van der Waals surface area contributed by atoms with E-state index in [2.05, 4.69) is 0 Å². The van der Waals surface area contributed by atoms with E-state index < -0.39 is 17.9 Å². The molecular formula is C10H11F3O2. The highest BCUT2D eigenvalue weighted by atomic mass is 19.4. The van der Waals surface area contributed by atoms with Crippen LogP contribution in [0.25, 0.3) is 0 Å². The number of rotatable bonds is 2. The first-order chi connectivity index (χ1) is 6.80. The zero-order valence-corrected chi connectivity index (χ0v) is 7.99. The number of hydrogen-bond acceptors (Lipinski definition) is 2. The summed E-state index contributed by atoms with van der Waals surface area (Å²) in [7, 11) is 0. The van der Waals surface area contributed by atoms with E-state index in [1.165, 1.54) is 18.2 Å². The Balaban J connectivity index is 3.26. The molecule has 1 aromatic carbocycles. The molecule has 2 N–H and O–H groups in total. The van der Waals surface area contributed by atoms with Crippen molar-refractivity contribution < 1.29 is 23.4 Å². The third kappa shape index (κ3) is 1.98. The first-order valence-electron chi connectivity index (χ1n) is 4.33. The largest absolute Gasteiger partial charge is 0.424 e. The van der Waals surface area contributed by atoms with Crippen molar-refractivity contribution in [2.24, 2.45) is 0 Å². The van der Waals surface area contributed by atoms with Crippen LogP contribution < -0.4 is 0 Å². The lowest BCUT2D eigenvalue weighted by molar-refractivity contribution is -0.295. The summed E-state index contributed by atoms with van der Waals surface area (Å²) >= 11 is 0.